The summed E-state index contributed by atoms with van der Waals surface area (Å²) in [5.74, 6) is -0.276. The first-order valence-electron chi connectivity index (χ1n) is 7.45. The molecule has 1 amide bonds. The van der Waals surface area contributed by atoms with Crippen LogP contribution in [0, 0.1) is 5.82 Å². The molecule has 0 unspecified atom stereocenters. The Morgan fingerprint density at radius 3 is 2.41 bits per heavy atom. The number of carbonyl (C=O) groups excluding carboxylic acids is 1. The Labute approximate surface area is 131 Å². The number of ether oxygens (including phenoxy) is 1. The molecule has 0 atom stereocenters. The molecule has 1 aromatic rings. The molecule has 0 radical (unpaired) electrons. The molecule has 1 fully saturated rings. The number of benzene rings is 1. The van der Waals surface area contributed by atoms with Crippen LogP contribution in [0.15, 0.2) is 24.8 Å². The van der Waals surface area contributed by atoms with Gasteiger partial charge in [0.25, 0.3) is 0 Å². The highest BCUT2D eigenvalue weighted by Crippen LogP contribution is 2.21. The van der Waals surface area contributed by atoms with Crippen molar-refractivity contribution in [1.82, 2.24) is 4.90 Å². The minimum Gasteiger partial charge on any atom is -0.444 e. The van der Waals surface area contributed by atoms with Crippen LogP contribution in [0.2, 0.25) is 0 Å². The molecule has 1 aromatic carbocycles. The zero-order valence-electron chi connectivity index (χ0n) is 13.4. The first-order valence-corrected chi connectivity index (χ1v) is 7.45. The second-order valence-electron chi connectivity index (χ2n) is 6.36. The Balaban J connectivity index is 1.96. The molecule has 0 N–H and O–H groups in total. The minimum absolute atomic E-state index is 0.276. The van der Waals surface area contributed by atoms with Crippen molar-refractivity contribution in [2.75, 3.05) is 31.1 Å². The van der Waals surface area contributed by atoms with Gasteiger partial charge in [0.15, 0.2) is 0 Å². The first kappa shape index (κ1) is 16.3. The Morgan fingerprint density at radius 1 is 1.27 bits per heavy atom. The Hall–Kier alpha value is -2.04. The molecule has 120 valence electrons. The monoisotopic (exact) mass is 306 g/mol. The van der Waals surface area contributed by atoms with Crippen LogP contribution in [-0.2, 0) is 4.74 Å². The smallest absolute Gasteiger partial charge is 0.410 e. The van der Waals surface area contributed by atoms with E-state index in [1.165, 1.54) is 12.1 Å². The van der Waals surface area contributed by atoms with E-state index in [1.54, 1.807) is 11.0 Å². The third kappa shape index (κ3) is 4.00. The van der Waals surface area contributed by atoms with Gasteiger partial charge < -0.3 is 14.5 Å². The lowest BCUT2D eigenvalue weighted by Crippen LogP contribution is -2.50. The fourth-order valence-electron chi connectivity index (χ4n) is 2.35. The predicted octanol–water partition coefficient (Wildman–Crippen LogP) is 3.53. The summed E-state index contributed by atoms with van der Waals surface area (Å²) in [4.78, 5) is 15.8. The van der Waals surface area contributed by atoms with E-state index in [4.69, 9.17) is 4.74 Å². The SMILES string of the molecule is C=Cc1ccc(N2CCN(C(=O)OC(C)(C)C)CC2)cc1F. The maximum Gasteiger partial charge on any atom is 0.410 e. The van der Waals surface area contributed by atoms with Crippen molar-refractivity contribution in [2.45, 2.75) is 26.4 Å². The van der Waals surface area contributed by atoms with Gasteiger partial charge in [-0.1, -0.05) is 18.7 Å². The summed E-state index contributed by atoms with van der Waals surface area (Å²) in [6, 6.07) is 5.11. The lowest BCUT2D eigenvalue weighted by Gasteiger charge is -2.36. The van der Waals surface area contributed by atoms with Crippen LogP contribution in [0.5, 0.6) is 0 Å². The van der Waals surface area contributed by atoms with Crippen molar-refractivity contribution in [3.8, 4) is 0 Å². The second kappa shape index (κ2) is 6.38. The average Bonchev–Trinajstić information content (AvgIpc) is 2.45. The fourth-order valence-corrected chi connectivity index (χ4v) is 2.35. The van der Waals surface area contributed by atoms with Crippen LogP contribution < -0.4 is 4.90 Å². The fraction of sp³-hybridized carbons (Fsp3) is 0.471. The van der Waals surface area contributed by atoms with Crippen molar-refractivity contribution in [3.05, 3.63) is 36.2 Å². The van der Waals surface area contributed by atoms with Crippen molar-refractivity contribution in [1.29, 1.82) is 0 Å². The zero-order valence-corrected chi connectivity index (χ0v) is 13.4. The largest absolute Gasteiger partial charge is 0.444 e. The van der Waals surface area contributed by atoms with Crippen LogP contribution in [0.25, 0.3) is 6.08 Å². The van der Waals surface area contributed by atoms with Gasteiger partial charge in [-0.3, -0.25) is 0 Å². The van der Waals surface area contributed by atoms with E-state index >= 15 is 0 Å². The molecular formula is C17H23FN2O2. The molecule has 5 heteroatoms. The highest BCUT2D eigenvalue weighted by molar-refractivity contribution is 5.68. The maximum absolute atomic E-state index is 13.8. The standard InChI is InChI=1S/C17H23FN2O2/c1-5-13-6-7-14(12-15(13)18)19-8-10-20(11-9-19)16(21)22-17(2,3)4/h5-7,12H,1,8-11H2,2-4H3. The summed E-state index contributed by atoms with van der Waals surface area (Å²) >= 11 is 0. The number of hydrogen-bond donors (Lipinski definition) is 0. The summed E-state index contributed by atoms with van der Waals surface area (Å²) in [5, 5.41) is 0. The minimum atomic E-state index is -0.488. The van der Waals surface area contributed by atoms with Crippen LogP contribution in [-0.4, -0.2) is 42.8 Å². The normalized spacial score (nSPS) is 15.6. The molecule has 2 rings (SSSR count). The average molecular weight is 306 g/mol. The Morgan fingerprint density at radius 2 is 1.91 bits per heavy atom. The molecule has 0 aliphatic carbocycles. The number of halogens is 1. The zero-order chi connectivity index (χ0) is 16.3. The van der Waals surface area contributed by atoms with E-state index in [0.717, 1.165) is 5.69 Å². The first-order chi connectivity index (χ1) is 10.3. The molecule has 0 saturated carbocycles. The quantitative estimate of drug-likeness (QED) is 0.838. The van der Waals surface area contributed by atoms with Crippen LogP contribution in [0.1, 0.15) is 26.3 Å². The van der Waals surface area contributed by atoms with Gasteiger partial charge in [-0.05, 0) is 32.9 Å². The van der Waals surface area contributed by atoms with E-state index in [2.05, 4.69) is 11.5 Å². The van der Waals surface area contributed by atoms with Gasteiger partial charge in [0.2, 0.25) is 0 Å². The molecule has 1 heterocycles. The summed E-state index contributed by atoms with van der Waals surface area (Å²) in [6.07, 6.45) is 1.21. The highest BCUT2D eigenvalue weighted by Gasteiger charge is 2.26. The van der Waals surface area contributed by atoms with Crippen LogP contribution in [0.4, 0.5) is 14.9 Å². The number of nitrogens with zero attached hydrogens (tertiary/aromatic N) is 2. The van der Waals surface area contributed by atoms with Crippen molar-refractivity contribution in [2.24, 2.45) is 0 Å². The van der Waals surface area contributed by atoms with Gasteiger partial charge in [-0.15, -0.1) is 0 Å². The summed E-state index contributed by atoms with van der Waals surface area (Å²) in [7, 11) is 0. The highest BCUT2D eigenvalue weighted by atomic mass is 19.1. The van der Waals surface area contributed by atoms with E-state index in [0.29, 0.717) is 31.7 Å². The summed E-state index contributed by atoms with van der Waals surface area (Å²) < 4.78 is 19.2. The molecular weight excluding hydrogens is 283 g/mol. The summed E-state index contributed by atoms with van der Waals surface area (Å²) in [5.41, 5.74) is 0.834. The Kier molecular flexibility index (Phi) is 4.74. The molecule has 1 saturated heterocycles. The predicted molar refractivity (Wildman–Crippen MR) is 86.5 cm³/mol. The van der Waals surface area contributed by atoms with E-state index < -0.39 is 5.60 Å². The van der Waals surface area contributed by atoms with Gasteiger partial charge in [0.1, 0.15) is 11.4 Å². The van der Waals surface area contributed by atoms with Gasteiger partial charge in [-0.2, -0.15) is 0 Å². The van der Waals surface area contributed by atoms with Crippen molar-refractivity contribution >= 4 is 17.9 Å². The topological polar surface area (TPSA) is 32.8 Å². The van der Waals surface area contributed by atoms with E-state index in [-0.39, 0.29) is 11.9 Å². The molecule has 1 aliphatic rings. The second-order valence-corrected chi connectivity index (χ2v) is 6.36. The van der Waals surface area contributed by atoms with Gasteiger partial charge in [0.05, 0.1) is 0 Å². The third-order valence-electron chi connectivity index (χ3n) is 3.50. The van der Waals surface area contributed by atoms with Gasteiger partial charge in [-0.25, -0.2) is 9.18 Å². The van der Waals surface area contributed by atoms with E-state index in [9.17, 15) is 9.18 Å². The molecule has 0 bridgehead atoms. The summed E-state index contributed by atoms with van der Waals surface area (Å²) in [6.45, 7) is 11.6. The maximum atomic E-state index is 13.8. The van der Waals surface area contributed by atoms with Crippen molar-refractivity contribution < 1.29 is 13.9 Å². The molecule has 22 heavy (non-hydrogen) atoms. The number of rotatable bonds is 2. The van der Waals surface area contributed by atoms with Crippen LogP contribution in [0.3, 0.4) is 0 Å². The Bertz CT molecular complexity index is 558. The molecule has 0 spiro atoms. The van der Waals surface area contributed by atoms with E-state index in [1.807, 2.05) is 26.8 Å². The molecule has 0 aromatic heterocycles. The number of carbonyl (C=O) groups is 1. The number of piperazine rings is 1. The lowest BCUT2D eigenvalue weighted by molar-refractivity contribution is 0.0240. The number of amides is 1. The van der Waals surface area contributed by atoms with Crippen molar-refractivity contribution in [3.63, 3.8) is 0 Å². The van der Waals surface area contributed by atoms with Crippen LogP contribution >= 0.6 is 0 Å². The van der Waals surface area contributed by atoms with Gasteiger partial charge >= 0.3 is 6.09 Å². The van der Waals surface area contributed by atoms with Gasteiger partial charge in [0, 0.05) is 37.4 Å². The third-order valence-corrected chi connectivity index (χ3v) is 3.50. The lowest BCUT2D eigenvalue weighted by atomic mass is 10.1. The molecule has 4 nitrogen and oxygen atoms in total. The molecule has 1 aliphatic heterocycles. The number of hydrogen-bond acceptors (Lipinski definition) is 3. The number of anilines is 1.